The Kier molecular flexibility index (Phi) is 7.37. The summed E-state index contributed by atoms with van der Waals surface area (Å²) >= 11 is 0. The predicted octanol–water partition coefficient (Wildman–Crippen LogP) is 5.77. The molecule has 3 unspecified atom stereocenters. The van der Waals surface area contributed by atoms with Crippen molar-refractivity contribution in [2.24, 2.45) is 0 Å². The van der Waals surface area contributed by atoms with Crippen molar-refractivity contribution in [2.75, 3.05) is 13.1 Å². The van der Waals surface area contributed by atoms with Crippen LogP contribution in [0.3, 0.4) is 0 Å². The van der Waals surface area contributed by atoms with Gasteiger partial charge in [0.2, 0.25) is 5.91 Å². The van der Waals surface area contributed by atoms with Gasteiger partial charge >= 0.3 is 0 Å². The second-order valence-corrected chi connectivity index (χ2v) is 8.74. The van der Waals surface area contributed by atoms with Crippen LogP contribution in [0.5, 0.6) is 0 Å². The zero-order valence-electron chi connectivity index (χ0n) is 18.5. The number of unbranched alkanes of at least 4 members (excludes halogenated alkanes) is 2. The largest absolute Gasteiger partial charge is 0.352 e. The molecule has 31 heavy (non-hydrogen) atoms. The van der Waals surface area contributed by atoms with Crippen molar-refractivity contribution in [1.29, 1.82) is 0 Å². The lowest BCUT2D eigenvalue weighted by molar-refractivity contribution is -0.123. The van der Waals surface area contributed by atoms with E-state index < -0.39 is 0 Å². The van der Waals surface area contributed by atoms with E-state index in [0.717, 1.165) is 50.8 Å². The van der Waals surface area contributed by atoms with Crippen LogP contribution in [0, 0.1) is 0 Å². The molecule has 0 saturated carbocycles. The standard InChI is InChI=1S/C28H34N2O/c1-2-3-5-16-25(24-17-10-14-21-13-8-9-15-23(21)24)28(31)30-27-18-19-29-20-26(27)22-11-6-4-7-12-22/h4,6-15,17,25-27,29H,2-3,5,16,18-20H2,1H3,(H,30,31). The summed E-state index contributed by atoms with van der Waals surface area (Å²) in [4.78, 5) is 13.7. The highest BCUT2D eigenvalue weighted by atomic mass is 16.1. The topological polar surface area (TPSA) is 41.1 Å². The van der Waals surface area contributed by atoms with Crippen molar-refractivity contribution in [3.05, 3.63) is 83.9 Å². The third-order valence-electron chi connectivity index (χ3n) is 6.65. The molecule has 1 fully saturated rings. The molecule has 1 aliphatic heterocycles. The van der Waals surface area contributed by atoms with Gasteiger partial charge in [-0.1, -0.05) is 99.0 Å². The number of benzene rings is 3. The fraction of sp³-hybridized carbons (Fsp3) is 0.393. The van der Waals surface area contributed by atoms with Crippen molar-refractivity contribution in [3.63, 3.8) is 0 Å². The van der Waals surface area contributed by atoms with E-state index in [1.165, 1.54) is 16.3 Å². The van der Waals surface area contributed by atoms with Crippen molar-refractivity contribution < 1.29 is 4.79 Å². The minimum absolute atomic E-state index is 0.107. The van der Waals surface area contributed by atoms with Crippen LogP contribution in [0.4, 0.5) is 0 Å². The van der Waals surface area contributed by atoms with Gasteiger partial charge < -0.3 is 10.6 Å². The Labute approximate surface area is 186 Å². The average Bonchev–Trinajstić information content (AvgIpc) is 2.82. The molecule has 3 nitrogen and oxygen atoms in total. The molecule has 3 atom stereocenters. The molecule has 1 aliphatic rings. The van der Waals surface area contributed by atoms with E-state index in [2.05, 4.69) is 90.4 Å². The van der Waals surface area contributed by atoms with Crippen LogP contribution in [0.15, 0.2) is 72.8 Å². The second-order valence-electron chi connectivity index (χ2n) is 8.74. The first kappa shape index (κ1) is 21.6. The minimum atomic E-state index is -0.107. The summed E-state index contributed by atoms with van der Waals surface area (Å²) in [5.74, 6) is 0.381. The van der Waals surface area contributed by atoms with E-state index >= 15 is 0 Å². The minimum Gasteiger partial charge on any atom is -0.352 e. The van der Waals surface area contributed by atoms with Crippen LogP contribution in [0.1, 0.15) is 62.0 Å². The number of hydrogen-bond acceptors (Lipinski definition) is 2. The van der Waals surface area contributed by atoms with E-state index in [1.807, 2.05) is 0 Å². The lowest BCUT2D eigenvalue weighted by Gasteiger charge is -2.34. The second kappa shape index (κ2) is 10.6. The molecule has 0 radical (unpaired) electrons. The van der Waals surface area contributed by atoms with Gasteiger partial charge in [-0.25, -0.2) is 0 Å². The molecule has 0 aliphatic carbocycles. The maximum absolute atomic E-state index is 13.7. The predicted molar refractivity (Wildman–Crippen MR) is 129 cm³/mol. The number of piperidine rings is 1. The number of carbonyl (C=O) groups is 1. The van der Waals surface area contributed by atoms with Crippen LogP contribution >= 0.6 is 0 Å². The van der Waals surface area contributed by atoms with Crippen LogP contribution in [0.2, 0.25) is 0 Å². The van der Waals surface area contributed by atoms with E-state index in [9.17, 15) is 4.79 Å². The van der Waals surface area contributed by atoms with Crippen molar-refractivity contribution in [2.45, 2.75) is 56.9 Å². The molecule has 0 bridgehead atoms. The van der Waals surface area contributed by atoms with Gasteiger partial charge in [-0.05, 0) is 41.3 Å². The fourth-order valence-electron chi connectivity index (χ4n) is 4.95. The molecule has 0 spiro atoms. The average molecular weight is 415 g/mol. The Morgan fingerprint density at radius 2 is 1.77 bits per heavy atom. The highest BCUT2D eigenvalue weighted by molar-refractivity contribution is 5.93. The molecule has 3 aromatic carbocycles. The monoisotopic (exact) mass is 414 g/mol. The number of nitrogens with one attached hydrogen (secondary N) is 2. The number of fused-ring (bicyclic) bond motifs is 1. The Morgan fingerprint density at radius 3 is 2.61 bits per heavy atom. The number of hydrogen-bond donors (Lipinski definition) is 2. The third-order valence-corrected chi connectivity index (χ3v) is 6.65. The Morgan fingerprint density at radius 1 is 1.00 bits per heavy atom. The zero-order valence-corrected chi connectivity index (χ0v) is 18.5. The van der Waals surface area contributed by atoms with Gasteiger partial charge in [-0.3, -0.25) is 4.79 Å². The first-order chi connectivity index (χ1) is 15.3. The maximum Gasteiger partial charge on any atom is 0.227 e. The molecule has 3 aromatic rings. The zero-order chi connectivity index (χ0) is 21.5. The van der Waals surface area contributed by atoms with Crippen molar-refractivity contribution in [1.82, 2.24) is 10.6 Å². The summed E-state index contributed by atoms with van der Waals surface area (Å²) in [6.07, 6.45) is 5.26. The molecule has 1 saturated heterocycles. The van der Waals surface area contributed by atoms with E-state index in [0.29, 0.717) is 5.92 Å². The molecule has 2 N–H and O–H groups in total. The summed E-state index contributed by atoms with van der Waals surface area (Å²) in [5, 5.41) is 9.40. The van der Waals surface area contributed by atoms with E-state index in [-0.39, 0.29) is 17.9 Å². The van der Waals surface area contributed by atoms with E-state index in [1.54, 1.807) is 0 Å². The summed E-state index contributed by atoms with van der Waals surface area (Å²) in [7, 11) is 0. The van der Waals surface area contributed by atoms with Gasteiger partial charge in [0.05, 0.1) is 5.92 Å². The number of carbonyl (C=O) groups excluding carboxylic acids is 1. The molecule has 4 rings (SSSR count). The van der Waals surface area contributed by atoms with Crippen LogP contribution < -0.4 is 10.6 Å². The Balaban J connectivity index is 1.59. The molecular formula is C28H34N2O. The molecule has 1 amide bonds. The highest BCUT2D eigenvalue weighted by Crippen LogP contribution is 2.31. The first-order valence-electron chi connectivity index (χ1n) is 11.8. The van der Waals surface area contributed by atoms with E-state index in [4.69, 9.17) is 0 Å². The Hall–Kier alpha value is -2.65. The molecular weight excluding hydrogens is 380 g/mol. The smallest absolute Gasteiger partial charge is 0.227 e. The SMILES string of the molecule is CCCCCC(C(=O)NC1CCNCC1c1ccccc1)c1cccc2ccccc12. The molecule has 1 heterocycles. The van der Waals surface area contributed by atoms with Gasteiger partial charge in [0.1, 0.15) is 0 Å². The van der Waals surface area contributed by atoms with Crippen LogP contribution in [-0.4, -0.2) is 25.0 Å². The van der Waals surface area contributed by atoms with Gasteiger partial charge in [0.15, 0.2) is 0 Å². The normalized spacial score (nSPS) is 19.8. The van der Waals surface area contributed by atoms with Crippen molar-refractivity contribution >= 4 is 16.7 Å². The quantitative estimate of drug-likeness (QED) is 0.460. The van der Waals surface area contributed by atoms with Gasteiger partial charge in [-0.2, -0.15) is 0 Å². The highest BCUT2D eigenvalue weighted by Gasteiger charge is 2.30. The number of amides is 1. The van der Waals surface area contributed by atoms with Crippen LogP contribution in [0.25, 0.3) is 10.8 Å². The lowest BCUT2D eigenvalue weighted by Crippen LogP contribution is -2.49. The summed E-state index contributed by atoms with van der Waals surface area (Å²) in [6, 6.07) is 25.6. The number of rotatable bonds is 8. The molecule has 3 heteroatoms. The molecule has 0 aromatic heterocycles. The third kappa shape index (κ3) is 5.16. The first-order valence-corrected chi connectivity index (χ1v) is 11.8. The van der Waals surface area contributed by atoms with Gasteiger partial charge in [0.25, 0.3) is 0 Å². The summed E-state index contributed by atoms with van der Waals surface area (Å²) < 4.78 is 0. The Bertz CT molecular complexity index is 979. The van der Waals surface area contributed by atoms with Gasteiger partial charge in [-0.15, -0.1) is 0 Å². The molecule has 162 valence electrons. The van der Waals surface area contributed by atoms with Gasteiger partial charge in [0, 0.05) is 18.5 Å². The fourth-order valence-corrected chi connectivity index (χ4v) is 4.95. The lowest BCUT2D eigenvalue weighted by atomic mass is 9.85. The maximum atomic E-state index is 13.7. The van der Waals surface area contributed by atoms with Crippen molar-refractivity contribution in [3.8, 4) is 0 Å². The summed E-state index contributed by atoms with van der Waals surface area (Å²) in [5.41, 5.74) is 2.46. The van der Waals surface area contributed by atoms with Crippen LogP contribution in [-0.2, 0) is 4.79 Å². The summed E-state index contributed by atoms with van der Waals surface area (Å²) in [6.45, 7) is 4.07.